The molecule has 1 aromatic rings. The SMILES string of the molecule is CC(C)CC(NC(=O)C(CS)NC(=O)C(N)CCCN=C(N)N)C(=O)NC(Cc1cnc[nH]1)C(=O)O. The molecule has 1 aromatic heterocycles. The van der Waals surface area contributed by atoms with Crippen molar-refractivity contribution in [1.29, 1.82) is 0 Å². The zero-order valence-corrected chi connectivity index (χ0v) is 21.3. The maximum atomic E-state index is 12.9. The maximum Gasteiger partial charge on any atom is 0.326 e. The number of nitrogens with two attached hydrogens (primary N) is 3. The van der Waals surface area contributed by atoms with Gasteiger partial charge in [0.25, 0.3) is 0 Å². The van der Waals surface area contributed by atoms with Gasteiger partial charge in [0.2, 0.25) is 17.7 Å². The van der Waals surface area contributed by atoms with Gasteiger partial charge in [0.05, 0.1) is 12.4 Å². The number of carboxylic acids is 1. The van der Waals surface area contributed by atoms with Gasteiger partial charge in [-0.2, -0.15) is 12.6 Å². The van der Waals surface area contributed by atoms with Gasteiger partial charge in [0, 0.05) is 30.6 Å². The molecule has 0 saturated heterocycles. The highest BCUT2D eigenvalue weighted by Crippen LogP contribution is 2.08. The lowest BCUT2D eigenvalue weighted by molar-refractivity contribution is -0.142. The molecule has 1 heterocycles. The Labute approximate surface area is 215 Å². The second kappa shape index (κ2) is 15.6. The van der Waals surface area contributed by atoms with Crippen LogP contribution in [0.15, 0.2) is 17.5 Å². The first-order chi connectivity index (χ1) is 16.9. The number of aliphatic carboxylic acids is 1. The highest BCUT2D eigenvalue weighted by molar-refractivity contribution is 7.80. The first-order valence-electron chi connectivity index (χ1n) is 11.5. The van der Waals surface area contributed by atoms with Crippen molar-refractivity contribution in [2.45, 2.75) is 63.7 Å². The van der Waals surface area contributed by atoms with Crippen molar-refractivity contribution >= 4 is 42.3 Å². The van der Waals surface area contributed by atoms with Crippen LogP contribution in [-0.2, 0) is 25.6 Å². The number of guanidine groups is 1. The second-order valence-electron chi connectivity index (χ2n) is 8.67. The number of carbonyl (C=O) groups is 4. The van der Waals surface area contributed by atoms with Crippen LogP contribution in [0, 0.1) is 5.92 Å². The Bertz CT molecular complexity index is 890. The normalized spacial score (nSPS) is 14.2. The third-order valence-corrected chi connectivity index (χ3v) is 5.42. The molecule has 0 spiro atoms. The molecule has 4 atom stereocenters. The number of aromatic amines is 1. The molecule has 1 rings (SSSR count). The minimum absolute atomic E-state index is 0.000355. The summed E-state index contributed by atoms with van der Waals surface area (Å²) in [5, 5.41) is 17.1. The monoisotopic (exact) mass is 527 g/mol. The molecule has 11 N–H and O–H groups in total. The average molecular weight is 528 g/mol. The Hall–Kier alpha value is -3.33. The number of carbonyl (C=O) groups excluding carboxylic acids is 3. The van der Waals surface area contributed by atoms with E-state index in [9.17, 15) is 24.3 Å². The molecule has 36 heavy (non-hydrogen) atoms. The molecule has 0 saturated carbocycles. The molecule has 0 aliphatic carbocycles. The van der Waals surface area contributed by atoms with Crippen molar-refractivity contribution in [2.24, 2.45) is 28.1 Å². The van der Waals surface area contributed by atoms with E-state index in [2.05, 4.69) is 43.5 Å². The summed E-state index contributed by atoms with van der Waals surface area (Å²) >= 11 is 4.13. The van der Waals surface area contributed by atoms with Gasteiger partial charge in [-0.25, -0.2) is 9.78 Å². The lowest BCUT2D eigenvalue weighted by atomic mass is 10.0. The van der Waals surface area contributed by atoms with Crippen LogP contribution < -0.4 is 33.2 Å². The molecule has 0 fully saturated rings. The van der Waals surface area contributed by atoms with E-state index in [1.165, 1.54) is 12.5 Å². The summed E-state index contributed by atoms with van der Waals surface area (Å²) in [5.41, 5.74) is 16.9. The molecule has 202 valence electrons. The fourth-order valence-corrected chi connectivity index (χ4v) is 3.44. The van der Waals surface area contributed by atoms with Crippen molar-refractivity contribution < 1.29 is 24.3 Å². The number of imidazole rings is 1. The summed E-state index contributed by atoms with van der Waals surface area (Å²) in [6.07, 6.45) is 3.84. The second-order valence-corrected chi connectivity index (χ2v) is 9.04. The number of hydrogen-bond donors (Lipinski definition) is 9. The van der Waals surface area contributed by atoms with E-state index in [-0.39, 0.29) is 36.9 Å². The van der Waals surface area contributed by atoms with Crippen LogP contribution in [0.5, 0.6) is 0 Å². The van der Waals surface area contributed by atoms with Gasteiger partial charge in [-0.1, -0.05) is 13.8 Å². The predicted molar refractivity (Wildman–Crippen MR) is 137 cm³/mol. The largest absolute Gasteiger partial charge is 0.480 e. The van der Waals surface area contributed by atoms with Crippen molar-refractivity contribution in [1.82, 2.24) is 25.9 Å². The molecule has 0 aliphatic rings. The minimum Gasteiger partial charge on any atom is -0.480 e. The Morgan fingerprint density at radius 3 is 2.22 bits per heavy atom. The molecule has 4 unspecified atom stereocenters. The minimum atomic E-state index is -1.23. The average Bonchev–Trinajstić information content (AvgIpc) is 3.31. The first-order valence-corrected chi connectivity index (χ1v) is 12.1. The highest BCUT2D eigenvalue weighted by Gasteiger charge is 2.30. The number of nitrogens with zero attached hydrogens (tertiary/aromatic N) is 2. The molecule has 15 heteroatoms. The van der Waals surface area contributed by atoms with Crippen LogP contribution in [0.25, 0.3) is 0 Å². The summed E-state index contributed by atoms with van der Waals surface area (Å²) in [5.74, 6) is -3.22. The van der Waals surface area contributed by atoms with Gasteiger partial charge >= 0.3 is 5.97 Å². The summed E-state index contributed by atoms with van der Waals surface area (Å²) in [6.45, 7) is 4.01. The zero-order valence-electron chi connectivity index (χ0n) is 20.4. The lowest BCUT2D eigenvalue weighted by Gasteiger charge is -2.25. The lowest BCUT2D eigenvalue weighted by Crippen LogP contribution is -2.58. The van der Waals surface area contributed by atoms with Crippen molar-refractivity contribution in [2.75, 3.05) is 12.3 Å². The Morgan fingerprint density at radius 1 is 1.08 bits per heavy atom. The molecule has 0 radical (unpaired) electrons. The van der Waals surface area contributed by atoms with E-state index in [0.717, 1.165) is 0 Å². The molecule has 0 aromatic carbocycles. The fraction of sp³-hybridized carbons (Fsp3) is 0.619. The molecular formula is C21H37N9O5S. The van der Waals surface area contributed by atoms with Crippen molar-refractivity contribution in [3.63, 3.8) is 0 Å². The number of hydrogen-bond acceptors (Lipinski definition) is 8. The number of H-pyrrole nitrogens is 1. The smallest absolute Gasteiger partial charge is 0.326 e. The molecule has 14 nitrogen and oxygen atoms in total. The van der Waals surface area contributed by atoms with E-state index in [1.54, 1.807) is 0 Å². The van der Waals surface area contributed by atoms with Crippen LogP contribution in [0.4, 0.5) is 0 Å². The number of amides is 3. The van der Waals surface area contributed by atoms with Gasteiger partial charge in [-0.05, 0) is 25.2 Å². The van der Waals surface area contributed by atoms with Crippen LogP contribution in [0.3, 0.4) is 0 Å². The van der Waals surface area contributed by atoms with Crippen LogP contribution in [0.1, 0.15) is 38.8 Å². The highest BCUT2D eigenvalue weighted by atomic mass is 32.1. The van der Waals surface area contributed by atoms with E-state index >= 15 is 0 Å². The van der Waals surface area contributed by atoms with Gasteiger partial charge in [0.1, 0.15) is 18.1 Å². The number of thiol groups is 1. The van der Waals surface area contributed by atoms with E-state index in [0.29, 0.717) is 18.7 Å². The fourth-order valence-electron chi connectivity index (χ4n) is 3.19. The van der Waals surface area contributed by atoms with Gasteiger partial charge < -0.3 is 43.2 Å². The number of aromatic nitrogens is 2. The number of aliphatic imine (C=N–C) groups is 1. The quantitative estimate of drug-likeness (QED) is 0.0491. The maximum absolute atomic E-state index is 12.9. The Kier molecular flexibility index (Phi) is 13.3. The van der Waals surface area contributed by atoms with E-state index in [1.807, 2.05) is 13.8 Å². The number of nitrogens with one attached hydrogen (secondary N) is 4. The number of rotatable bonds is 16. The van der Waals surface area contributed by atoms with Crippen molar-refractivity contribution in [3.05, 3.63) is 18.2 Å². The van der Waals surface area contributed by atoms with Crippen LogP contribution >= 0.6 is 12.6 Å². The molecule has 0 bridgehead atoms. The molecule has 0 aliphatic heterocycles. The van der Waals surface area contributed by atoms with Crippen LogP contribution in [-0.4, -0.2) is 81.2 Å². The summed E-state index contributed by atoms with van der Waals surface area (Å²) in [6, 6.07) is -4.23. The number of carboxylic acid groups (broad SMARTS) is 1. The van der Waals surface area contributed by atoms with E-state index in [4.69, 9.17) is 17.2 Å². The molecular weight excluding hydrogens is 490 g/mol. The summed E-state index contributed by atoms with van der Waals surface area (Å²) < 4.78 is 0. The standard InChI is InChI=1S/C21H37N9O5S/c1-11(2)6-14(18(32)29-15(20(34)35)7-12-8-25-10-27-12)28-19(33)16(9-36)30-17(31)13(22)4-3-5-26-21(23)24/h8,10-11,13-16,36H,3-7,9,22H2,1-2H3,(H,25,27)(H,28,33)(H,29,32)(H,30,31)(H,34,35)(H4,23,24,26). The van der Waals surface area contributed by atoms with E-state index < -0.39 is 47.9 Å². The summed E-state index contributed by atoms with van der Waals surface area (Å²) in [7, 11) is 0. The zero-order chi connectivity index (χ0) is 27.3. The van der Waals surface area contributed by atoms with Crippen molar-refractivity contribution in [3.8, 4) is 0 Å². The molecule has 3 amide bonds. The van der Waals surface area contributed by atoms with Gasteiger partial charge in [0.15, 0.2) is 5.96 Å². The Balaban J connectivity index is 2.79. The summed E-state index contributed by atoms with van der Waals surface area (Å²) in [4.78, 5) is 60.3. The van der Waals surface area contributed by atoms with Gasteiger partial charge in [-0.15, -0.1) is 0 Å². The third kappa shape index (κ3) is 11.4. The third-order valence-electron chi connectivity index (χ3n) is 5.05. The first kappa shape index (κ1) is 30.7. The predicted octanol–water partition coefficient (Wildman–Crippen LogP) is -2.15. The Morgan fingerprint density at radius 2 is 1.69 bits per heavy atom. The van der Waals surface area contributed by atoms with Crippen LogP contribution in [0.2, 0.25) is 0 Å². The topological polar surface area (TPSA) is 244 Å². The van der Waals surface area contributed by atoms with Gasteiger partial charge in [-0.3, -0.25) is 19.4 Å².